The number of thiocarbonyl (C=S) groups is 1. The van der Waals surface area contributed by atoms with Crippen molar-refractivity contribution >= 4 is 23.0 Å². The Bertz CT molecular complexity index is 237. The molecule has 0 amide bonds. The van der Waals surface area contributed by atoms with Crippen molar-refractivity contribution in [3.05, 3.63) is 0 Å². The second kappa shape index (κ2) is 6.74. The SMILES string of the molecule is CC/C(C)=N\NC(=S)NC[C@@H]1CCCO1. The van der Waals surface area contributed by atoms with Crippen molar-refractivity contribution in [2.45, 2.75) is 39.2 Å². The molecule has 0 spiro atoms. The Morgan fingerprint density at radius 2 is 2.40 bits per heavy atom. The van der Waals surface area contributed by atoms with Gasteiger partial charge in [-0.05, 0) is 38.4 Å². The molecule has 1 heterocycles. The van der Waals surface area contributed by atoms with Crippen LogP contribution >= 0.6 is 12.2 Å². The molecule has 1 aliphatic heterocycles. The van der Waals surface area contributed by atoms with Crippen LogP contribution < -0.4 is 10.7 Å². The van der Waals surface area contributed by atoms with Crippen LogP contribution in [0.15, 0.2) is 5.10 Å². The average molecular weight is 229 g/mol. The Balaban J connectivity index is 2.12. The predicted molar refractivity (Wildman–Crippen MR) is 66.1 cm³/mol. The summed E-state index contributed by atoms with van der Waals surface area (Å²) in [5.41, 5.74) is 3.85. The molecule has 1 aliphatic rings. The van der Waals surface area contributed by atoms with Gasteiger partial charge in [-0.2, -0.15) is 5.10 Å². The summed E-state index contributed by atoms with van der Waals surface area (Å²) in [4.78, 5) is 0. The van der Waals surface area contributed by atoms with Crippen molar-refractivity contribution in [1.82, 2.24) is 10.7 Å². The van der Waals surface area contributed by atoms with E-state index in [-0.39, 0.29) is 0 Å². The zero-order chi connectivity index (χ0) is 11.1. The maximum atomic E-state index is 5.46. The molecule has 0 bridgehead atoms. The largest absolute Gasteiger partial charge is 0.376 e. The van der Waals surface area contributed by atoms with Crippen LogP contribution in [0.25, 0.3) is 0 Å². The van der Waals surface area contributed by atoms with Gasteiger partial charge < -0.3 is 10.1 Å². The molecule has 86 valence electrons. The third-order valence-corrected chi connectivity index (χ3v) is 2.61. The summed E-state index contributed by atoms with van der Waals surface area (Å²) in [5.74, 6) is 0. The van der Waals surface area contributed by atoms with E-state index in [1.165, 1.54) is 0 Å². The van der Waals surface area contributed by atoms with E-state index in [2.05, 4.69) is 22.8 Å². The van der Waals surface area contributed by atoms with Crippen molar-refractivity contribution in [3.63, 3.8) is 0 Å². The summed E-state index contributed by atoms with van der Waals surface area (Å²) >= 11 is 5.07. The summed E-state index contributed by atoms with van der Waals surface area (Å²) in [7, 11) is 0. The van der Waals surface area contributed by atoms with Crippen LogP contribution in [-0.4, -0.2) is 30.1 Å². The molecule has 1 fully saturated rings. The van der Waals surface area contributed by atoms with Gasteiger partial charge in [-0.3, -0.25) is 5.43 Å². The quantitative estimate of drug-likeness (QED) is 0.435. The average Bonchev–Trinajstić information content (AvgIpc) is 2.75. The maximum Gasteiger partial charge on any atom is 0.187 e. The highest BCUT2D eigenvalue weighted by molar-refractivity contribution is 7.80. The molecule has 2 N–H and O–H groups in total. The van der Waals surface area contributed by atoms with Crippen molar-refractivity contribution in [2.75, 3.05) is 13.2 Å². The van der Waals surface area contributed by atoms with E-state index in [0.717, 1.165) is 38.1 Å². The molecular formula is C10H19N3OS. The maximum absolute atomic E-state index is 5.46. The van der Waals surface area contributed by atoms with Crippen molar-refractivity contribution in [1.29, 1.82) is 0 Å². The second-order valence-electron chi connectivity index (χ2n) is 3.66. The minimum absolute atomic E-state index is 0.306. The monoisotopic (exact) mass is 229 g/mol. The summed E-state index contributed by atoms with van der Waals surface area (Å²) < 4.78 is 5.46. The highest BCUT2D eigenvalue weighted by atomic mass is 32.1. The molecule has 4 nitrogen and oxygen atoms in total. The molecule has 1 atom stereocenters. The van der Waals surface area contributed by atoms with E-state index in [4.69, 9.17) is 17.0 Å². The summed E-state index contributed by atoms with van der Waals surface area (Å²) in [6.45, 7) is 5.67. The highest BCUT2D eigenvalue weighted by Gasteiger charge is 2.14. The molecule has 0 aromatic rings. The first-order valence-corrected chi connectivity index (χ1v) is 5.81. The molecule has 1 rings (SSSR count). The van der Waals surface area contributed by atoms with Gasteiger partial charge in [0, 0.05) is 18.9 Å². The molecule has 1 saturated heterocycles. The van der Waals surface area contributed by atoms with Crippen LogP contribution in [-0.2, 0) is 4.74 Å². The summed E-state index contributed by atoms with van der Waals surface area (Å²) in [6.07, 6.45) is 3.51. The van der Waals surface area contributed by atoms with Gasteiger partial charge in [0.05, 0.1) is 6.10 Å². The molecule has 0 radical (unpaired) electrons. The third kappa shape index (κ3) is 5.09. The lowest BCUT2D eigenvalue weighted by Crippen LogP contribution is -2.37. The number of hydrazone groups is 1. The van der Waals surface area contributed by atoms with Crippen molar-refractivity contribution in [3.8, 4) is 0 Å². The molecule has 15 heavy (non-hydrogen) atoms. The van der Waals surface area contributed by atoms with Crippen LogP contribution in [0, 0.1) is 0 Å². The Hall–Kier alpha value is -0.680. The Labute approximate surface area is 96.5 Å². The summed E-state index contributed by atoms with van der Waals surface area (Å²) in [5, 5.41) is 7.77. The molecule has 5 heteroatoms. The Morgan fingerprint density at radius 1 is 1.60 bits per heavy atom. The van der Waals surface area contributed by atoms with Gasteiger partial charge in [0.25, 0.3) is 0 Å². The van der Waals surface area contributed by atoms with Gasteiger partial charge in [-0.25, -0.2) is 0 Å². The van der Waals surface area contributed by atoms with E-state index in [1.54, 1.807) is 0 Å². The molecule has 0 aromatic carbocycles. The van der Waals surface area contributed by atoms with Gasteiger partial charge in [0.2, 0.25) is 0 Å². The standard InChI is InChI=1S/C10H19N3OS/c1-3-8(2)12-13-10(15)11-7-9-5-4-6-14-9/h9H,3-7H2,1-2H3,(H2,11,13,15)/b12-8-/t9-/m0/s1. The number of hydrogen-bond donors (Lipinski definition) is 2. The van der Waals surface area contributed by atoms with E-state index in [0.29, 0.717) is 11.2 Å². The molecule has 0 unspecified atom stereocenters. The van der Waals surface area contributed by atoms with Crippen molar-refractivity contribution < 1.29 is 4.74 Å². The van der Waals surface area contributed by atoms with E-state index < -0.39 is 0 Å². The van der Waals surface area contributed by atoms with Gasteiger partial charge >= 0.3 is 0 Å². The molecule has 0 saturated carbocycles. The number of rotatable bonds is 4. The van der Waals surface area contributed by atoms with E-state index in [1.807, 2.05) is 6.92 Å². The lowest BCUT2D eigenvalue weighted by atomic mass is 10.2. The van der Waals surface area contributed by atoms with Crippen LogP contribution in [0.2, 0.25) is 0 Å². The Morgan fingerprint density at radius 3 is 3.00 bits per heavy atom. The minimum atomic E-state index is 0.306. The Kier molecular flexibility index (Phi) is 5.57. The van der Waals surface area contributed by atoms with Crippen LogP contribution in [0.1, 0.15) is 33.1 Å². The zero-order valence-electron chi connectivity index (χ0n) is 9.38. The smallest absolute Gasteiger partial charge is 0.187 e. The zero-order valence-corrected chi connectivity index (χ0v) is 10.2. The second-order valence-corrected chi connectivity index (χ2v) is 4.07. The molecule has 0 aliphatic carbocycles. The van der Waals surface area contributed by atoms with Gasteiger partial charge in [0.1, 0.15) is 0 Å². The first-order chi connectivity index (χ1) is 7.22. The third-order valence-electron chi connectivity index (χ3n) is 2.37. The fourth-order valence-electron chi connectivity index (χ4n) is 1.28. The highest BCUT2D eigenvalue weighted by Crippen LogP contribution is 2.10. The molecular weight excluding hydrogens is 210 g/mol. The summed E-state index contributed by atoms with van der Waals surface area (Å²) in [6, 6.07) is 0. The number of nitrogens with one attached hydrogen (secondary N) is 2. The van der Waals surface area contributed by atoms with Crippen LogP contribution in [0.4, 0.5) is 0 Å². The van der Waals surface area contributed by atoms with Gasteiger partial charge in [-0.1, -0.05) is 6.92 Å². The van der Waals surface area contributed by atoms with Crippen LogP contribution in [0.5, 0.6) is 0 Å². The van der Waals surface area contributed by atoms with Crippen LogP contribution in [0.3, 0.4) is 0 Å². The van der Waals surface area contributed by atoms with Gasteiger partial charge in [-0.15, -0.1) is 0 Å². The van der Waals surface area contributed by atoms with Gasteiger partial charge in [0.15, 0.2) is 5.11 Å². The predicted octanol–water partition coefficient (Wildman–Crippen LogP) is 1.42. The normalized spacial score (nSPS) is 21.5. The fourth-order valence-corrected chi connectivity index (χ4v) is 1.41. The number of nitrogens with zero attached hydrogens (tertiary/aromatic N) is 1. The number of ether oxygens (including phenoxy) is 1. The van der Waals surface area contributed by atoms with E-state index in [9.17, 15) is 0 Å². The minimum Gasteiger partial charge on any atom is -0.376 e. The lowest BCUT2D eigenvalue weighted by molar-refractivity contribution is 0.114. The molecule has 0 aromatic heterocycles. The first-order valence-electron chi connectivity index (χ1n) is 5.41. The first kappa shape index (κ1) is 12.4. The lowest BCUT2D eigenvalue weighted by Gasteiger charge is -2.12. The fraction of sp³-hybridized carbons (Fsp3) is 0.800. The topological polar surface area (TPSA) is 45.7 Å². The number of hydrogen-bond acceptors (Lipinski definition) is 3. The van der Waals surface area contributed by atoms with E-state index >= 15 is 0 Å². The van der Waals surface area contributed by atoms with Crippen molar-refractivity contribution in [2.24, 2.45) is 5.10 Å².